The molecule has 0 atom stereocenters. The molecule has 0 bridgehead atoms. The molecular weight excluding hydrogens is 283 g/mol. The van der Waals surface area contributed by atoms with E-state index in [9.17, 15) is 14.0 Å². The number of anilines is 2. The lowest BCUT2D eigenvalue weighted by atomic mass is 10.2. The highest BCUT2D eigenvalue weighted by molar-refractivity contribution is 6.09. The summed E-state index contributed by atoms with van der Waals surface area (Å²) in [5, 5.41) is 2.43. The van der Waals surface area contributed by atoms with Gasteiger partial charge in [0.1, 0.15) is 12.2 Å². The Morgan fingerprint density at radius 3 is 2.64 bits per heavy atom. The Bertz CT molecular complexity index is 730. The number of halogens is 1. The van der Waals surface area contributed by atoms with Crippen LogP contribution in [0.5, 0.6) is 0 Å². The lowest BCUT2D eigenvalue weighted by Crippen LogP contribution is -2.32. The standard InChI is InChI=1S/C17H15FN2O2/c18-13-6-2-3-7-14(13)19-16(21)11-17(22)20-10-9-12-5-1-4-8-15(12)20/h1-8H,9-11H2,(H,19,21). The van der Waals surface area contributed by atoms with Gasteiger partial charge in [0.25, 0.3) is 0 Å². The third-order valence-electron chi connectivity index (χ3n) is 3.65. The highest BCUT2D eigenvalue weighted by Gasteiger charge is 2.25. The highest BCUT2D eigenvalue weighted by Crippen LogP contribution is 2.27. The Morgan fingerprint density at radius 1 is 1.09 bits per heavy atom. The van der Waals surface area contributed by atoms with E-state index in [0.717, 1.165) is 17.7 Å². The molecule has 0 saturated heterocycles. The molecule has 0 fully saturated rings. The molecule has 0 spiro atoms. The van der Waals surface area contributed by atoms with Crippen molar-refractivity contribution in [1.29, 1.82) is 0 Å². The number of nitrogens with one attached hydrogen (secondary N) is 1. The second-order valence-corrected chi connectivity index (χ2v) is 5.13. The Kier molecular flexibility index (Phi) is 3.87. The number of para-hydroxylation sites is 2. The first kappa shape index (κ1) is 14.3. The summed E-state index contributed by atoms with van der Waals surface area (Å²) in [7, 11) is 0. The number of amides is 2. The first-order valence-corrected chi connectivity index (χ1v) is 7.08. The smallest absolute Gasteiger partial charge is 0.236 e. The van der Waals surface area contributed by atoms with Crippen molar-refractivity contribution in [2.24, 2.45) is 0 Å². The van der Waals surface area contributed by atoms with Gasteiger partial charge >= 0.3 is 0 Å². The molecule has 2 aromatic carbocycles. The second-order valence-electron chi connectivity index (χ2n) is 5.13. The van der Waals surface area contributed by atoms with Crippen LogP contribution in [0.15, 0.2) is 48.5 Å². The SMILES string of the molecule is O=C(CC(=O)N1CCc2ccccc21)Nc1ccccc1F. The van der Waals surface area contributed by atoms with Gasteiger partial charge in [-0.2, -0.15) is 0 Å². The van der Waals surface area contributed by atoms with Crippen LogP contribution >= 0.6 is 0 Å². The predicted molar refractivity (Wildman–Crippen MR) is 82.1 cm³/mol. The van der Waals surface area contributed by atoms with Crippen molar-refractivity contribution < 1.29 is 14.0 Å². The monoisotopic (exact) mass is 298 g/mol. The molecule has 4 nitrogen and oxygen atoms in total. The number of carbonyl (C=O) groups excluding carboxylic acids is 2. The van der Waals surface area contributed by atoms with Crippen LogP contribution in [0.3, 0.4) is 0 Å². The molecule has 3 rings (SSSR count). The van der Waals surface area contributed by atoms with E-state index < -0.39 is 11.7 Å². The third kappa shape index (κ3) is 2.83. The Hall–Kier alpha value is -2.69. The van der Waals surface area contributed by atoms with Gasteiger partial charge in [-0.15, -0.1) is 0 Å². The van der Waals surface area contributed by atoms with Crippen molar-refractivity contribution in [1.82, 2.24) is 0 Å². The fraction of sp³-hybridized carbons (Fsp3) is 0.176. The van der Waals surface area contributed by atoms with Gasteiger partial charge in [-0.25, -0.2) is 4.39 Å². The molecule has 5 heteroatoms. The van der Waals surface area contributed by atoms with Gasteiger partial charge in [0.2, 0.25) is 11.8 Å². The van der Waals surface area contributed by atoms with E-state index in [1.165, 1.54) is 18.2 Å². The molecule has 2 amide bonds. The Labute approximate surface area is 127 Å². The largest absolute Gasteiger partial charge is 0.323 e. The molecule has 1 N–H and O–H groups in total. The molecule has 1 aliphatic heterocycles. The molecular formula is C17H15FN2O2. The van der Waals surface area contributed by atoms with Crippen LogP contribution in [0, 0.1) is 5.82 Å². The number of hydrogen-bond donors (Lipinski definition) is 1. The summed E-state index contributed by atoms with van der Waals surface area (Å²) in [4.78, 5) is 25.8. The number of carbonyl (C=O) groups is 2. The number of hydrogen-bond acceptors (Lipinski definition) is 2. The second kappa shape index (κ2) is 5.97. The summed E-state index contributed by atoms with van der Waals surface area (Å²) in [5.74, 6) is -1.31. The van der Waals surface area contributed by atoms with E-state index in [4.69, 9.17) is 0 Å². The van der Waals surface area contributed by atoms with Gasteiger partial charge < -0.3 is 10.2 Å². The zero-order valence-corrected chi connectivity index (χ0v) is 11.9. The van der Waals surface area contributed by atoms with E-state index in [0.29, 0.717) is 6.54 Å². The molecule has 2 aromatic rings. The predicted octanol–water partition coefficient (Wildman–Crippen LogP) is 2.74. The summed E-state index contributed by atoms with van der Waals surface area (Å²) >= 11 is 0. The van der Waals surface area contributed by atoms with Crippen molar-refractivity contribution in [3.63, 3.8) is 0 Å². The summed E-state index contributed by atoms with van der Waals surface area (Å²) in [5.41, 5.74) is 2.04. The molecule has 1 aliphatic rings. The molecule has 0 radical (unpaired) electrons. The fourth-order valence-electron chi connectivity index (χ4n) is 2.59. The van der Waals surface area contributed by atoms with E-state index in [1.54, 1.807) is 11.0 Å². The lowest BCUT2D eigenvalue weighted by Gasteiger charge is -2.17. The van der Waals surface area contributed by atoms with Crippen LogP contribution < -0.4 is 10.2 Å². The minimum atomic E-state index is -0.519. The van der Waals surface area contributed by atoms with Crippen molar-refractivity contribution in [2.75, 3.05) is 16.8 Å². The van der Waals surface area contributed by atoms with Crippen LogP contribution in [0.4, 0.5) is 15.8 Å². The molecule has 1 heterocycles. The average Bonchev–Trinajstić information content (AvgIpc) is 2.93. The van der Waals surface area contributed by atoms with Crippen molar-refractivity contribution in [2.45, 2.75) is 12.8 Å². The molecule has 22 heavy (non-hydrogen) atoms. The third-order valence-corrected chi connectivity index (χ3v) is 3.65. The zero-order chi connectivity index (χ0) is 15.5. The zero-order valence-electron chi connectivity index (χ0n) is 11.9. The minimum absolute atomic E-state index is 0.0853. The van der Waals surface area contributed by atoms with Crippen LogP contribution in [0.1, 0.15) is 12.0 Å². The Balaban J connectivity index is 1.65. The highest BCUT2D eigenvalue weighted by atomic mass is 19.1. The van der Waals surface area contributed by atoms with Gasteiger partial charge in [-0.1, -0.05) is 30.3 Å². The maximum absolute atomic E-state index is 13.5. The first-order chi connectivity index (χ1) is 10.6. The van der Waals surface area contributed by atoms with Crippen LogP contribution in [0.25, 0.3) is 0 Å². The van der Waals surface area contributed by atoms with Crippen LogP contribution in [-0.4, -0.2) is 18.4 Å². The van der Waals surface area contributed by atoms with Gasteiger partial charge in [0, 0.05) is 12.2 Å². The number of fused-ring (bicyclic) bond motifs is 1. The number of nitrogens with zero attached hydrogens (tertiary/aromatic N) is 1. The van der Waals surface area contributed by atoms with Gasteiger partial charge in [-0.3, -0.25) is 9.59 Å². The maximum atomic E-state index is 13.5. The van der Waals surface area contributed by atoms with Gasteiger partial charge in [0.05, 0.1) is 5.69 Å². The fourth-order valence-corrected chi connectivity index (χ4v) is 2.59. The molecule has 0 aliphatic carbocycles. The summed E-state index contributed by atoms with van der Waals surface area (Å²) in [6.45, 7) is 0.575. The first-order valence-electron chi connectivity index (χ1n) is 7.08. The molecule has 0 unspecified atom stereocenters. The molecule has 0 saturated carbocycles. The van der Waals surface area contributed by atoms with Crippen molar-refractivity contribution in [3.05, 3.63) is 59.9 Å². The number of rotatable bonds is 3. The lowest BCUT2D eigenvalue weighted by molar-refractivity contribution is -0.125. The molecule has 112 valence electrons. The Morgan fingerprint density at radius 2 is 1.82 bits per heavy atom. The maximum Gasteiger partial charge on any atom is 0.236 e. The van der Waals surface area contributed by atoms with Crippen molar-refractivity contribution >= 4 is 23.2 Å². The summed E-state index contributed by atoms with van der Waals surface area (Å²) in [6.07, 6.45) is 0.486. The quantitative estimate of drug-likeness (QED) is 0.886. The van der Waals surface area contributed by atoms with E-state index in [2.05, 4.69) is 5.32 Å². The van der Waals surface area contributed by atoms with E-state index >= 15 is 0 Å². The van der Waals surface area contributed by atoms with Crippen LogP contribution in [-0.2, 0) is 16.0 Å². The average molecular weight is 298 g/mol. The van der Waals surface area contributed by atoms with Gasteiger partial charge in [0.15, 0.2) is 0 Å². The van der Waals surface area contributed by atoms with Gasteiger partial charge in [-0.05, 0) is 30.2 Å². The van der Waals surface area contributed by atoms with E-state index in [-0.39, 0.29) is 18.0 Å². The summed E-state index contributed by atoms with van der Waals surface area (Å²) < 4.78 is 13.5. The van der Waals surface area contributed by atoms with Crippen LogP contribution in [0.2, 0.25) is 0 Å². The normalized spacial score (nSPS) is 12.9. The summed E-state index contributed by atoms with van der Waals surface area (Å²) in [6, 6.07) is 13.5. The molecule has 0 aromatic heterocycles. The van der Waals surface area contributed by atoms with E-state index in [1.807, 2.05) is 24.3 Å². The van der Waals surface area contributed by atoms with Crippen molar-refractivity contribution in [3.8, 4) is 0 Å². The number of benzene rings is 2. The minimum Gasteiger partial charge on any atom is -0.323 e. The topological polar surface area (TPSA) is 49.4 Å².